The van der Waals surface area contributed by atoms with Crippen molar-refractivity contribution in [3.8, 4) is 0 Å². The van der Waals surface area contributed by atoms with Crippen LogP contribution in [0.3, 0.4) is 0 Å². The summed E-state index contributed by atoms with van der Waals surface area (Å²) >= 11 is 0. The van der Waals surface area contributed by atoms with Gasteiger partial charge in [-0.25, -0.2) is 9.13 Å². The number of rotatable bonds is 19. The molecule has 0 aliphatic rings. The van der Waals surface area contributed by atoms with Gasteiger partial charge in [-0.3, -0.25) is 4.55 Å². The molecule has 0 aliphatic heterocycles. The van der Waals surface area contributed by atoms with Gasteiger partial charge in [-0.15, -0.1) is 0 Å². The maximum Gasteiger partial charge on any atom is 0.307 e. The van der Waals surface area contributed by atoms with Crippen molar-refractivity contribution >= 4 is 10.1 Å². The zero-order chi connectivity index (χ0) is 22.2. The lowest BCUT2D eigenvalue weighted by atomic mass is 10.0. The Morgan fingerprint density at radius 3 is 1.73 bits per heavy atom. The number of unbranched alkanes of at least 4 members (excludes halogenated alkanes) is 13. The third-order valence-electron chi connectivity index (χ3n) is 6.14. The van der Waals surface area contributed by atoms with Gasteiger partial charge in [0, 0.05) is 13.3 Å². The zero-order valence-corrected chi connectivity index (χ0v) is 20.6. The number of hydrogen-bond donors (Lipinski definition) is 1. The van der Waals surface area contributed by atoms with E-state index >= 15 is 0 Å². The van der Waals surface area contributed by atoms with Crippen molar-refractivity contribution in [1.82, 2.24) is 4.57 Å². The van der Waals surface area contributed by atoms with E-state index in [0.717, 1.165) is 18.8 Å². The molecule has 30 heavy (non-hydrogen) atoms. The molecule has 6 heteroatoms. The Bertz CT molecular complexity index is 655. The molecule has 5 nitrogen and oxygen atoms in total. The van der Waals surface area contributed by atoms with Crippen LogP contribution in [0.2, 0.25) is 0 Å². The highest BCUT2D eigenvalue weighted by Gasteiger charge is 2.31. The predicted octanol–water partition coefficient (Wildman–Crippen LogP) is 6.75. The molecule has 1 atom stereocenters. The fourth-order valence-corrected chi connectivity index (χ4v) is 5.26. The average Bonchev–Trinajstić information content (AvgIpc) is 3.05. The molecule has 1 rings (SSSR count). The van der Waals surface area contributed by atoms with E-state index in [-0.39, 0.29) is 0 Å². The lowest BCUT2D eigenvalue weighted by Crippen LogP contribution is -2.36. The molecule has 0 amide bonds. The third-order valence-corrected chi connectivity index (χ3v) is 7.29. The Hall–Kier alpha value is -0.880. The Kier molecular flexibility index (Phi) is 14.3. The maximum atomic E-state index is 11.7. The first kappa shape index (κ1) is 27.2. The van der Waals surface area contributed by atoms with Gasteiger partial charge in [-0.2, -0.15) is 8.42 Å². The van der Waals surface area contributed by atoms with Crippen molar-refractivity contribution in [3.05, 3.63) is 18.2 Å². The van der Waals surface area contributed by atoms with E-state index < -0.39 is 15.5 Å². The van der Waals surface area contributed by atoms with E-state index in [1.807, 2.05) is 20.0 Å². The molecule has 1 heterocycles. The number of aromatic nitrogens is 2. The molecule has 0 fully saturated rings. The van der Waals surface area contributed by atoms with Crippen LogP contribution < -0.4 is 4.57 Å². The van der Waals surface area contributed by atoms with Gasteiger partial charge in [0.15, 0.2) is 0 Å². The van der Waals surface area contributed by atoms with Crippen LogP contribution in [0, 0.1) is 6.92 Å². The molecule has 0 aliphatic carbocycles. The molecule has 176 valence electrons. The minimum atomic E-state index is -4.09. The van der Waals surface area contributed by atoms with Crippen molar-refractivity contribution in [3.63, 3.8) is 0 Å². The second kappa shape index (κ2) is 15.9. The molecule has 0 saturated heterocycles. The number of nitrogens with zero attached hydrogens (tertiary/aromatic N) is 2. The number of imidazole rings is 1. The topological polar surface area (TPSA) is 63.2 Å². The Morgan fingerprint density at radius 1 is 0.833 bits per heavy atom. The van der Waals surface area contributed by atoms with E-state index in [0.29, 0.717) is 12.8 Å². The monoisotopic (exact) mass is 443 g/mol. The number of hydrogen-bond acceptors (Lipinski definition) is 2. The fourth-order valence-electron chi connectivity index (χ4n) is 4.21. The molecular formula is C24H47N2O3S+. The zero-order valence-electron chi connectivity index (χ0n) is 19.8. The summed E-state index contributed by atoms with van der Waals surface area (Å²) in [5.74, 6) is 0.890. The minimum absolute atomic E-state index is 0.424. The van der Waals surface area contributed by atoms with Gasteiger partial charge in [0.2, 0.25) is 5.37 Å². The summed E-state index contributed by atoms with van der Waals surface area (Å²) in [6.07, 6.45) is 23.7. The van der Waals surface area contributed by atoms with Crippen LogP contribution in [-0.4, -0.2) is 17.5 Å². The van der Waals surface area contributed by atoms with Crippen molar-refractivity contribution in [1.29, 1.82) is 0 Å². The van der Waals surface area contributed by atoms with Crippen LogP contribution in [0.1, 0.15) is 128 Å². The molecule has 0 bridgehead atoms. The normalized spacial score (nSPS) is 13.1. The van der Waals surface area contributed by atoms with Crippen molar-refractivity contribution in [2.45, 2.75) is 135 Å². The standard InChI is InChI=1S/C24H46N2O3S/c1-4-6-7-8-9-10-11-12-13-14-15-16-17-18-20-25-21-22-26(23(25)3)24(19-5-2)30(27,28)29/h21-22,24H,4-20H2,1-3H3/p+1. The van der Waals surface area contributed by atoms with Crippen molar-refractivity contribution < 1.29 is 17.5 Å². The van der Waals surface area contributed by atoms with E-state index in [4.69, 9.17) is 0 Å². The number of aryl methyl sites for hydroxylation is 1. The first-order chi connectivity index (χ1) is 14.4. The largest absolute Gasteiger partial charge is 0.307 e. The Labute approximate surface area is 186 Å². The van der Waals surface area contributed by atoms with Crippen molar-refractivity contribution in [2.75, 3.05) is 0 Å². The Balaban J connectivity index is 2.13. The van der Waals surface area contributed by atoms with Crippen LogP contribution in [-0.2, 0) is 16.7 Å². The Morgan fingerprint density at radius 2 is 1.30 bits per heavy atom. The van der Waals surface area contributed by atoms with Gasteiger partial charge in [0.05, 0.1) is 6.54 Å². The maximum absolute atomic E-state index is 11.7. The van der Waals surface area contributed by atoms with Crippen LogP contribution in [0.5, 0.6) is 0 Å². The van der Waals surface area contributed by atoms with E-state index in [2.05, 4.69) is 11.5 Å². The highest BCUT2D eigenvalue weighted by molar-refractivity contribution is 7.85. The van der Waals surface area contributed by atoms with Crippen molar-refractivity contribution in [2.24, 2.45) is 0 Å². The first-order valence-electron chi connectivity index (χ1n) is 12.4. The molecule has 1 aromatic rings. The smallest absolute Gasteiger partial charge is 0.282 e. The van der Waals surface area contributed by atoms with Gasteiger partial charge in [0.1, 0.15) is 12.4 Å². The van der Waals surface area contributed by atoms with Gasteiger partial charge in [-0.1, -0.05) is 97.3 Å². The van der Waals surface area contributed by atoms with E-state index in [9.17, 15) is 13.0 Å². The SMILES string of the molecule is CCCCCCCCCCCCCCCC[n+]1ccn(C(CCC)S(=O)(=O)O)c1C. The summed E-state index contributed by atoms with van der Waals surface area (Å²) in [6.45, 7) is 7.03. The minimum Gasteiger partial charge on any atom is -0.282 e. The summed E-state index contributed by atoms with van der Waals surface area (Å²) in [5.41, 5.74) is 0. The van der Waals surface area contributed by atoms with Gasteiger partial charge >= 0.3 is 10.1 Å². The van der Waals surface area contributed by atoms with Gasteiger partial charge in [-0.05, 0) is 12.8 Å². The molecule has 0 saturated carbocycles. The average molecular weight is 444 g/mol. The summed E-state index contributed by atoms with van der Waals surface area (Å²) in [6, 6.07) is 0. The van der Waals surface area contributed by atoms with Crippen LogP contribution in [0.25, 0.3) is 0 Å². The fraction of sp³-hybridized carbons (Fsp3) is 0.875. The molecule has 1 N–H and O–H groups in total. The lowest BCUT2D eigenvalue weighted by molar-refractivity contribution is -0.702. The third kappa shape index (κ3) is 10.9. The summed E-state index contributed by atoms with van der Waals surface area (Å²) < 4.78 is 36.8. The first-order valence-corrected chi connectivity index (χ1v) is 13.9. The predicted molar refractivity (Wildman–Crippen MR) is 125 cm³/mol. The molecule has 1 aromatic heterocycles. The van der Waals surface area contributed by atoms with Crippen LogP contribution in [0.4, 0.5) is 0 Å². The molecule has 1 unspecified atom stereocenters. The lowest BCUT2D eigenvalue weighted by Gasteiger charge is -2.11. The molecular weight excluding hydrogens is 396 g/mol. The van der Waals surface area contributed by atoms with Gasteiger partial charge in [0.25, 0.3) is 5.82 Å². The highest BCUT2D eigenvalue weighted by Crippen LogP contribution is 2.21. The van der Waals surface area contributed by atoms with E-state index in [1.54, 1.807) is 10.8 Å². The molecule has 0 spiro atoms. The van der Waals surface area contributed by atoms with Crippen LogP contribution in [0.15, 0.2) is 12.4 Å². The molecule has 0 aromatic carbocycles. The van der Waals surface area contributed by atoms with E-state index in [1.165, 1.54) is 83.5 Å². The summed E-state index contributed by atoms with van der Waals surface area (Å²) in [7, 11) is -4.09. The van der Waals surface area contributed by atoms with Gasteiger partial charge < -0.3 is 0 Å². The van der Waals surface area contributed by atoms with Crippen LogP contribution >= 0.6 is 0 Å². The highest BCUT2D eigenvalue weighted by atomic mass is 32.2. The molecule has 0 radical (unpaired) electrons. The summed E-state index contributed by atoms with van der Waals surface area (Å²) in [4.78, 5) is 0. The second-order valence-corrected chi connectivity index (χ2v) is 10.4. The quantitative estimate of drug-likeness (QED) is 0.146. The summed E-state index contributed by atoms with van der Waals surface area (Å²) in [5, 5.41) is -0.875. The second-order valence-electron chi connectivity index (χ2n) is 8.80.